The molecule has 1 saturated carbocycles. The molecule has 2 fully saturated rings. The first-order valence-electron chi connectivity index (χ1n) is 5.46. The van der Waals surface area contributed by atoms with Gasteiger partial charge in [-0.15, -0.1) is 11.6 Å². The first-order chi connectivity index (χ1) is 6.85. The fourth-order valence-electron chi connectivity index (χ4n) is 1.81. The molecule has 1 heterocycles. The second kappa shape index (κ2) is 4.79. The summed E-state index contributed by atoms with van der Waals surface area (Å²) in [5.41, 5.74) is 0.299. The molecule has 1 aliphatic heterocycles. The largest absolute Gasteiger partial charge is 0.379 e. The molecule has 0 atom stereocenters. The number of ether oxygens (including phenoxy) is 1. The Morgan fingerprint density at radius 1 is 1.29 bits per heavy atom. The fraction of sp³-hybridized carbons (Fsp3) is 1.00. The summed E-state index contributed by atoms with van der Waals surface area (Å²) in [6.45, 7) is 6.13. The van der Waals surface area contributed by atoms with Crippen molar-refractivity contribution in [2.24, 2.45) is 0 Å². The molecule has 2 rings (SSSR count). The average molecular weight is 219 g/mol. The Bertz CT molecular complexity index is 179. The highest BCUT2D eigenvalue weighted by Gasteiger charge is 2.40. The van der Waals surface area contributed by atoms with Gasteiger partial charge in [0.1, 0.15) is 0 Å². The van der Waals surface area contributed by atoms with Gasteiger partial charge in [-0.1, -0.05) is 0 Å². The third-order valence-corrected chi connectivity index (χ3v) is 3.65. The Morgan fingerprint density at radius 2 is 2.00 bits per heavy atom. The van der Waals surface area contributed by atoms with E-state index in [1.165, 1.54) is 12.8 Å². The van der Waals surface area contributed by atoms with Crippen molar-refractivity contribution in [2.75, 3.05) is 45.3 Å². The van der Waals surface area contributed by atoms with Crippen LogP contribution in [0.25, 0.3) is 0 Å². The molecule has 14 heavy (non-hydrogen) atoms. The zero-order valence-corrected chi connectivity index (χ0v) is 9.35. The molecule has 3 nitrogen and oxygen atoms in total. The SMILES string of the molecule is ClCC1(NCCN2CCOCC2)CC1. The maximum Gasteiger partial charge on any atom is 0.0594 e. The molecule has 82 valence electrons. The Hall–Kier alpha value is 0.170. The number of halogens is 1. The Balaban J connectivity index is 1.58. The van der Waals surface area contributed by atoms with Gasteiger partial charge in [0, 0.05) is 37.6 Å². The zero-order chi connectivity index (χ0) is 9.86. The highest BCUT2D eigenvalue weighted by molar-refractivity contribution is 6.18. The quantitative estimate of drug-likeness (QED) is 0.687. The lowest BCUT2D eigenvalue weighted by Crippen LogP contribution is -2.43. The first kappa shape index (κ1) is 10.7. The minimum atomic E-state index is 0.299. The van der Waals surface area contributed by atoms with Crippen LogP contribution in [0.2, 0.25) is 0 Å². The van der Waals surface area contributed by atoms with Crippen molar-refractivity contribution in [3.63, 3.8) is 0 Å². The summed E-state index contributed by atoms with van der Waals surface area (Å²) in [6.07, 6.45) is 2.50. The minimum Gasteiger partial charge on any atom is -0.379 e. The van der Waals surface area contributed by atoms with Gasteiger partial charge in [-0.2, -0.15) is 0 Å². The summed E-state index contributed by atoms with van der Waals surface area (Å²) in [5.74, 6) is 0.760. The molecule has 1 aliphatic carbocycles. The van der Waals surface area contributed by atoms with Crippen LogP contribution in [-0.4, -0.2) is 55.7 Å². The van der Waals surface area contributed by atoms with Gasteiger partial charge >= 0.3 is 0 Å². The van der Waals surface area contributed by atoms with Gasteiger partial charge in [0.15, 0.2) is 0 Å². The highest BCUT2D eigenvalue weighted by atomic mass is 35.5. The molecule has 1 saturated heterocycles. The van der Waals surface area contributed by atoms with Crippen molar-refractivity contribution in [3.8, 4) is 0 Å². The normalized spacial score (nSPS) is 26.4. The van der Waals surface area contributed by atoms with E-state index in [0.717, 1.165) is 45.3 Å². The van der Waals surface area contributed by atoms with E-state index in [4.69, 9.17) is 16.3 Å². The monoisotopic (exact) mass is 218 g/mol. The summed E-state index contributed by atoms with van der Waals surface area (Å²) in [7, 11) is 0. The van der Waals surface area contributed by atoms with Gasteiger partial charge in [-0.3, -0.25) is 4.90 Å². The number of nitrogens with one attached hydrogen (secondary N) is 1. The molecule has 0 spiro atoms. The summed E-state index contributed by atoms with van der Waals surface area (Å²) in [4.78, 5) is 2.45. The Kier molecular flexibility index (Phi) is 3.66. The number of alkyl halides is 1. The summed E-state index contributed by atoms with van der Waals surface area (Å²) in [6, 6.07) is 0. The van der Waals surface area contributed by atoms with Crippen molar-refractivity contribution in [1.82, 2.24) is 10.2 Å². The molecular formula is C10H19ClN2O. The number of nitrogens with zero attached hydrogens (tertiary/aromatic N) is 1. The van der Waals surface area contributed by atoms with Crippen molar-refractivity contribution in [2.45, 2.75) is 18.4 Å². The molecule has 0 aromatic heterocycles. The van der Waals surface area contributed by atoms with Crippen LogP contribution in [0, 0.1) is 0 Å². The lowest BCUT2D eigenvalue weighted by molar-refractivity contribution is 0.0381. The predicted molar refractivity (Wildman–Crippen MR) is 57.9 cm³/mol. The van der Waals surface area contributed by atoms with Gasteiger partial charge in [0.05, 0.1) is 13.2 Å². The second-order valence-electron chi connectivity index (χ2n) is 4.29. The number of rotatable bonds is 5. The maximum absolute atomic E-state index is 5.88. The van der Waals surface area contributed by atoms with E-state index in [2.05, 4.69) is 10.2 Å². The summed E-state index contributed by atoms with van der Waals surface area (Å²) >= 11 is 5.88. The number of hydrogen-bond donors (Lipinski definition) is 1. The molecule has 0 unspecified atom stereocenters. The van der Waals surface area contributed by atoms with Crippen LogP contribution in [0.4, 0.5) is 0 Å². The van der Waals surface area contributed by atoms with Crippen LogP contribution in [-0.2, 0) is 4.74 Å². The minimum absolute atomic E-state index is 0.299. The van der Waals surface area contributed by atoms with Crippen LogP contribution >= 0.6 is 11.6 Å². The van der Waals surface area contributed by atoms with E-state index >= 15 is 0 Å². The van der Waals surface area contributed by atoms with Crippen molar-refractivity contribution < 1.29 is 4.74 Å². The zero-order valence-electron chi connectivity index (χ0n) is 8.60. The maximum atomic E-state index is 5.88. The van der Waals surface area contributed by atoms with Crippen LogP contribution < -0.4 is 5.32 Å². The van der Waals surface area contributed by atoms with Crippen LogP contribution in [0.5, 0.6) is 0 Å². The Morgan fingerprint density at radius 3 is 2.57 bits per heavy atom. The van der Waals surface area contributed by atoms with Gasteiger partial charge in [-0.05, 0) is 12.8 Å². The summed E-state index contributed by atoms with van der Waals surface area (Å²) < 4.78 is 5.30. The molecule has 0 aromatic rings. The predicted octanol–water partition coefficient (Wildman–Crippen LogP) is 0.680. The molecule has 1 N–H and O–H groups in total. The lowest BCUT2D eigenvalue weighted by Gasteiger charge is -2.27. The van der Waals surface area contributed by atoms with E-state index in [1.54, 1.807) is 0 Å². The first-order valence-corrected chi connectivity index (χ1v) is 5.99. The van der Waals surface area contributed by atoms with Gasteiger partial charge < -0.3 is 10.1 Å². The number of hydrogen-bond acceptors (Lipinski definition) is 3. The van der Waals surface area contributed by atoms with Crippen molar-refractivity contribution in [1.29, 1.82) is 0 Å². The molecule has 0 bridgehead atoms. The average Bonchev–Trinajstić information content (AvgIpc) is 3.00. The second-order valence-corrected chi connectivity index (χ2v) is 4.56. The summed E-state index contributed by atoms with van der Waals surface area (Å²) in [5, 5.41) is 3.55. The molecule has 0 amide bonds. The van der Waals surface area contributed by atoms with Crippen molar-refractivity contribution in [3.05, 3.63) is 0 Å². The highest BCUT2D eigenvalue weighted by Crippen LogP contribution is 2.35. The number of morpholine rings is 1. The molecule has 0 aromatic carbocycles. The Labute approximate surface area is 90.7 Å². The fourth-order valence-corrected chi connectivity index (χ4v) is 2.17. The van der Waals surface area contributed by atoms with E-state index in [1.807, 2.05) is 0 Å². The van der Waals surface area contributed by atoms with Gasteiger partial charge in [0.25, 0.3) is 0 Å². The van der Waals surface area contributed by atoms with Crippen LogP contribution in [0.1, 0.15) is 12.8 Å². The molecule has 4 heteroatoms. The lowest BCUT2D eigenvalue weighted by atomic mass is 10.3. The van der Waals surface area contributed by atoms with Gasteiger partial charge in [-0.25, -0.2) is 0 Å². The standard InChI is InChI=1S/C10H19ClN2O/c11-9-10(1-2-10)12-3-4-13-5-7-14-8-6-13/h12H,1-9H2. The topological polar surface area (TPSA) is 24.5 Å². The molecular weight excluding hydrogens is 200 g/mol. The molecule has 0 radical (unpaired) electrons. The van der Waals surface area contributed by atoms with E-state index in [-0.39, 0.29) is 0 Å². The third-order valence-electron chi connectivity index (χ3n) is 3.14. The van der Waals surface area contributed by atoms with Crippen LogP contribution in [0.15, 0.2) is 0 Å². The van der Waals surface area contributed by atoms with Gasteiger partial charge in [0.2, 0.25) is 0 Å². The smallest absolute Gasteiger partial charge is 0.0594 e. The van der Waals surface area contributed by atoms with Crippen LogP contribution in [0.3, 0.4) is 0 Å². The third kappa shape index (κ3) is 2.83. The van der Waals surface area contributed by atoms with E-state index < -0.39 is 0 Å². The van der Waals surface area contributed by atoms with E-state index in [9.17, 15) is 0 Å². The van der Waals surface area contributed by atoms with E-state index in [0.29, 0.717) is 5.54 Å². The van der Waals surface area contributed by atoms with Crippen molar-refractivity contribution >= 4 is 11.6 Å². The molecule has 2 aliphatic rings.